The molecule has 0 atom stereocenters. The van der Waals surface area contributed by atoms with Gasteiger partial charge in [-0.1, -0.05) is 97.1 Å². The van der Waals surface area contributed by atoms with Gasteiger partial charge in [0.2, 0.25) is 0 Å². The predicted octanol–water partition coefficient (Wildman–Crippen LogP) is 11.0. The van der Waals surface area contributed by atoms with Gasteiger partial charge in [0.15, 0.2) is 0 Å². The predicted molar refractivity (Wildman–Crippen MR) is 169 cm³/mol. The molecule has 1 heterocycles. The van der Waals surface area contributed by atoms with Crippen molar-refractivity contribution in [2.24, 2.45) is 0 Å². The highest BCUT2D eigenvalue weighted by Crippen LogP contribution is 2.38. The van der Waals surface area contributed by atoms with Crippen LogP contribution in [0.4, 0.5) is 11.4 Å². The van der Waals surface area contributed by atoms with E-state index in [0.717, 1.165) is 33.3 Å². The van der Waals surface area contributed by atoms with E-state index in [0.29, 0.717) is 0 Å². The van der Waals surface area contributed by atoms with Crippen molar-refractivity contribution in [3.63, 3.8) is 0 Å². The maximum Gasteiger partial charge on any atom is 0.137 e. The van der Waals surface area contributed by atoms with Gasteiger partial charge >= 0.3 is 0 Å². The van der Waals surface area contributed by atoms with E-state index >= 15 is 0 Å². The highest BCUT2D eigenvalue weighted by atomic mass is 16.3. The Morgan fingerprint density at radius 1 is 0.375 bits per heavy atom. The van der Waals surface area contributed by atoms with E-state index in [2.05, 4.69) is 133 Å². The normalized spacial score (nSPS) is 11.5. The summed E-state index contributed by atoms with van der Waals surface area (Å²) in [5, 5.41) is 10.9. The van der Waals surface area contributed by atoms with Crippen LogP contribution in [0.15, 0.2) is 150 Å². The molecule has 1 N–H and O–H groups in total. The lowest BCUT2D eigenvalue weighted by Gasteiger charge is -2.14. The van der Waals surface area contributed by atoms with E-state index in [9.17, 15) is 0 Å². The molecule has 40 heavy (non-hydrogen) atoms. The third-order valence-corrected chi connectivity index (χ3v) is 7.83. The highest BCUT2D eigenvalue weighted by Gasteiger charge is 2.11. The summed E-state index contributed by atoms with van der Waals surface area (Å²) in [4.78, 5) is 0. The lowest BCUT2D eigenvalue weighted by Crippen LogP contribution is -1.90. The number of rotatable bonds is 4. The van der Waals surface area contributed by atoms with Crippen LogP contribution in [0.1, 0.15) is 0 Å². The number of para-hydroxylation sites is 1. The van der Waals surface area contributed by atoms with Crippen molar-refractivity contribution >= 4 is 54.9 Å². The highest BCUT2D eigenvalue weighted by molar-refractivity contribution is 6.07. The van der Waals surface area contributed by atoms with Gasteiger partial charge in [-0.15, -0.1) is 0 Å². The van der Waals surface area contributed by atoms with Crippen LogP contribution in [-0.4, -0.2) is 0 Å². The second-order valence-corrected chi connectivity index (χ2v) is 10.3. The second kappa shape index (κ2) is 9.14. The van der Waals surface area contributed by atoms with E-state index < -0.39 is 0 Å². The Balaban J connectivity index is 1.16. The average Bonchev–Trinajstić information content (AvgIpc) is 3.38. The lowest BCUT2D eigenvalue weighted by atomic mass is 9.90. The van der Waals surface area contributed by atoms with Crippen LogP contribution in [-0.2, 0) is 0 Å². The summed E-state index contributed by atoms with van der Waals surface area (Å²) in [5.74, 6) is 0. The van der Waals surface area contributed by atoms with Gasteiger partial charge in [0.25, 0.3) is 0 Å². The van der Waals surface area contributed by atoms with Crippen molar-refractivity contribution in [2.45, 2.75) is 0 Å². The summed E-state index contributed by atoms with van der Waals surface area (Å²) >= 11 is 0. The van der Waals surface area contributed by atoms with Crippen LogP contribution in [0.25, 0.3) is 65.7 Å². The molecule has 8 aromatic rings. The first-order valence-electron chi connectivity index (χ1n) is 13.6. The number of hydrogen-bond acceptors (Lipinski definition) is 2. The van der Waals surface area contributed by atoms with Crippen LogP contribution < -0.4 is 5.32 Å². The zero-order chi connectivity index (χ0) is 26.5. The summed E-state index contributed by atoms with van der Waals surface area (Å²) in [7, 11) is 0. The molecule has 0 amide bonds. The van der Waals surface area contributed by atoms with E-state index in [4.69, 9.17) is 4.42 Å². The van der Waals surface area contributed by atoms with E-state index in [1.165, 1.54) is 43.8 Å². The molecule has 0 saturated carbocycles. The first-order chi connectivity index (χ1) is 19.8. The monoisotopic (exact) mass is 511 g/mol. The number of fused-ring (bicyclic) bond motifs is 5. The molecule has 0 saturated heterocycles. The van der Waals surface area contributed by atoms with Crippen molar-refractivity contribution < 1.29 is 4.42 Å². The van der Waals surface area contributed by atoms with Crippen LogP contribution in [0.3, 0.4) is 0 Å². The Kier molecular flexibility index (Phi) is 5.17. The minimum absolute atomic E-state index is 0.889. The van der Waals surface area contributed by atoms with Crippen LogP contribution >= 0.6 is 0 Å². The van der Waals surface area contributed by atoms with Crippen molar-refractivity contribution in [2.75, 3.05) is 5.32 Å². The number of anilines is 2. The van der Waals surface area contributed by atoms with Crippen molar-refractivity contribution in [1.29, 1.82) is 0 Å². The molecule has 0 unspecified atom stereocenters. The van der Waals surface area contributed by atoms with Crippen LogP contribution in [0, 0.1) is 0 Å². The Labute approximate surface area is 232 Å². The Bertz CT molecular complexity index is 2180. The fourth-order valence-corrected chi connectivity index (χ4v) is 5.88. The van der Waals surface area contributed by atoms with Gasteiger partial charge in [-0.3, -0.25) is 0 Å². The number of hydrogen-bond donors (Lipinski definition) is 1. The summed E-state index contributed by atoms with van der Waals surface area (Å²) in [6.07, 6.45) is 0. The van der Waals surface area contributed by atoms with E-state index in [1.54, 1.807) is 0 Å². The first-order valence-corrected chi connectivity index (χ1v) is 13.6. The van der Waals surface area contributed by atoms with Crippen LogP contribution in [0.2, 0.25) is 0 Å². The molecule has 0 aliphatic carbocycles. The van der Waals surface area contributed by atoms with Gasteiger partial charge in [0.05, 0.1) is 0 Å². The van der Waals surface area contributed by atoms with E-state index in [1.807, 2.05) is 18.2 Å². The minimum Gasteiger partial charge on any atom is -0.456 e. The van der Waals surface area contributed by atoms with Gasteiger partial charge in [0, 0.05) is 28.2 Å². The molecular formula is C38H25NO. The average molecular weight is 512 g/mol. The standard InChI is InChI=1S/C38H25NO/c1-3-11-31-26(8-1)10-7-14-33(31)36-23-28(22-27-9-2-4-12-32(27)36)25-16-18-29(19-17-25)39-30-20-21-35-34-13-5-6-15-37(34)40-38(35)24-30/h1-24,39H. The molecule has 0 radical (unpaired) electrons. The first kappa shape index (κ1) is 22.6. The van der Waals surface area contributed by atoms with Crippen LogP contribution in [0.5, 0.6) is 0 Å². The second-order valence-electron chi connectivity index (χ2n) is 10.3. The summed E-state index contributed by atoms with van der Waals surface area (Å²) in [5.41, 5.74) is 8.75. The zero-order valence-corrected chi connectivity index (χ0v) is 21.8. The molecule has 2 nitrogen and oxygen atoms in total. The zero-order valence-electron chi connectivity index (χ0n) is 21.8. The molecule has 7 aromatic carbocycles. The number of nitrogens with one attached hydrogen (secondary N) is 1. The molecule has 0 spiro atoms. The number of furan rings is 1. The molecule has 0 bridgehead atoms. The summed E-state index contributed by atoms with van der Waals surface area (Å²) in [6, 6.07) is 51.6. The van der Waals surface area contributed by atoms with Gasteiger partial charge in [-0.2, -0.15) is 0 Å². The fraction of sp³-hybridized carbons (Fsp3) is 0. The summed E-state index contributed by atoms with van der Waals surface area (Å²) in [6.45, 7) is 0. The van der Waals surface area contributed by atoms with Gasteiger partial charge in [0.1, 0.15) is 11.2 Å². The number of benzene rings is 7. The lowest BCUT2D eigenvalue weighted by molar-refractivity contribution is 0.669. The van der Waals surface area contributed by atoms with E-state index in [-0.39, 0.29) is 0 Å². The third kappa shape index (κ3) is 3.81. The third-order valence-electron chi connectivity index (χ3n) is 7.83. The Morgan fingerprint density at radius 2 is 1.02 bits per heavy atom. The Hall–Kier alpha value is -5.34. The molecule has 0 fully saturated rings. The quantitative estimate of drug-likeness (QED) is 0.254. The van der Waals surface area contributed by atoms with Crippen molar-refractivity contribution in [1.82, 2.24) is 0 Å². The van der Waals surface area contributed by atoms with Crippen molar-refractivity contribution in [3.05, 3.63) is 146 Å². The maximum atomic E-state index is 6.08. The van der Waals surface area contributed by atoms with Gasteiger partial charge < -0.3 is 9.73 Å². The molecule has 0 aliphatic heterocycles. The maximum absolute atomic E-state index is 6.08. The van der Waals surface area contributed by atoms with Crippen molar-refractivity contribution in [3.8, 4) is 22.3 Å². The molecular weight excluding hydrogens is 486 g/mol. The molecule has 1 aromatic heterocycles. The molecule has 0 aliphatic rings. The topological polar surface area (TPSA) is 25.2 Å². The minimum atomic E-state index is 0.889. The molecule has 188 valence electrons. The Morgan fingerprint density at radius 3 is 1.88 bits per heavy atom. The largest absolute Gasteiger partial charge is 0.456 e. The fourth-order valence-electron chi connectivity index (χ4n) is 5.88. The molecule has 2 heteroatoms. The van der Waals surface area contributed by atoms with Gasteiger partial charge in [-0.25, -0.2) is 0 Å². The smallest absolute Gasteiger partial charge is 0.137 e. The van der Waals surface area contributed by atoms with Gasteiger partial charge in [-0.05, 0) is 86.3 Å². The molecule has 8 rings (SSSR count). The summed E-state index contributed by atoms with van der Waals surface area (Å²) < 4.78 is 6.08. The SMILES string of the molecule is c1ccc2c(-c3cc(-c4ccc(Nc5ccc6c(c5)oc5ccccc56)cc4)cc4ccccc34)cccc2c1.